The van der Waals surface area contributed by atoms with Gasteiger partial charge in [-0.3, -0.25) is 0 Å². The van der Waals surface area contributed by atoms with Crippen molar-refractivity contribution in [3.8, 4) is 0 Å². The van der Waals surface area contributed by atoms with Gasteiger partial charge < -0.3 is 14.8 Å². The minimum absolute atomic E-state index is 0.0717. The van der Waals surface area contributed by atoms with Gasteiger partial charge in [0, 0.05) is 45.5 Å². The van der Waals surface area contributed by atoms with Crippen molar-refractivity contribution >= 4 is 16.1 Å². The van der Waals surface area contributed by atoms with Crippen LogP contribution < -0.4 is 5.32 Å². The third kappa shape index (κ3) is 4.52. The van der Waals surface area contributed by atoms with Crippen LogP contribution in [-0.2, 0) is 17.1 Å². The van der Waals surface area contributed by atoms with Gasteiger partial charge in [-0.2, -0.15) is 4.31 Å². The van der Waals surface area contributed by atoms with Crippen molar-refractivity contribution < 1.29 is 13.2 Å². The van der Waals surface area contributed by atoms with Crippen molar-refractivity contribution in [3.05, 3.63) is 12.0 Å². The van der Waals surface area contributed by atoms with Crippen molar-refractivity contribution in [2.75, 3.05) is 26.2 Å². The Morgan fingerprint density at radius 1 is 1.24 bits per heavy atom. The molecule has 2 rings (SSSR count). The predicted octanol–water partition coefficient (Wildman–Crippen LogP) is 1.32. The summed E-state index contributed by atoms with van der Waals surface area (Å²) in [7, 11) is -1.85. The molecule has 1 aliphatic heterocycles. The number of aryl methyl sites for hydroxylation is 2. The van der Waals surface area contributed by atoms with Crippen LogP contribution in [0.15, 0.2) is 11.2 Å². The number of nitrogens with one attached hydrogen (secondary N) is 1. The Hall–Kier alpha value is -1.61. The number of nitrogens with zero attached hydrogens (tertiary/aromatic N) is 4. The summed E-state index contributed by atoms with van der Waals surface area (Å²) in [6, 6.07) is 0.0497. The first-order valence-corrected chi connectivity index (χ1v) is 10.3. The molecule has 1 aromatic heterocycles. The molecule has 142 valence electrons. The molecule has 0 atom stereocenters. The maximum absolute atomic E-state index is 12.8. The lowest BCUT2D eigenvalue weighted by atomic mass is 10.2. The van der Waals surface area contributed by atoms with Gasteiger partial charge in [-0.25, -0.2) is 18.2 Å². The quantitative estimate of drug-likeness (QED) is 0.846. The molecule has 1 fully saturated rings. The minimum Gasteiger partial charge on any atom is -0.337 e. The van der Waals surface area contributed by atoms with E-state index in [4.69, 9.17) is 0 Å². The van der Waals surface area contributed by atoms with E-state index in [1.54, 1.807) is 23.4 Å². The van der Waals surface area contributed by atoms with Gasteiger partial charge in [-0.05, 0) is 26.2 Å². The summed E-state index contributed by atoms with van der Waals surface area (Å²) in [5, 5.41) is 3.08. The van der Waals surface area contributed by atoms with Crippen LogP contribution in [0.3, 0.4) is 0 Å². The number of aromatic nitrogens is 2. The number of carbonyl (C=O) groups excluding carboxylic acids is 1. The first-order chi connectivity index (χ1) is 11.8. The molecular formula is C16H29N5O3S. The highest BCUT2D eigenvalue weighted by atomic mass is 32.2. The van der Waals surface area contributed by atoms with Gasteiger partial charge in [0.1, 0.15) is 5.82 Å². The van der Waals surface area contributed by atoms with Crippen LogP contribution >= 0.6 is 0 Å². The molecule has 0 aliphatic carbocycles. The van der Waals surface area contributed by atoms with Crippen LogP contribution in [0.5, 0.6) is 0 Å². The first-order valence-electron chi connectivity index (χ1n) is 8.85. The molecule has 25 heavy (non-hydrogen) atoms. The molecule has 1 aliphatic rings. The molecule has 9 heteroatoms. The van der Waals surface area contributed by atoms with Crippen molar-refractivity contribution in [2.24, 2.45) is 7.05 Å². The van der Waals surface area contributed by atoms with E-state index in [2.05, 4.69) is 10.3 Å². The second-order valence-electron chi connectivity index (χ2n) is 6.44. The highest BCUT2D eigenvalue weighted by Crippen LogP contribution is 2.17. The SMILES string of the molecule is CCC(CC)NC(=O)N1CCCN(S(=O)(=O)c2cn(C)c(C)n2)CC1. The van der Waals surface area contributed by atoms with Crippen LogP contribution in [0.2, 0.25) is 0 Å². The molecule has 0 radical (unpaired) electrons. The summed E-state index contributed by atoms with van der Waals surface area (Å²) in [5.41, 5.74) is 0. The third-order valence-corrected chi connectivity index (χ3v) is 6.52. The number of imidazole rings is 1. The Kier molecular flexibility index (Phi) is 6.45. The van der Waals surface area contributed by atoms with Crippen molar-refractivity contribution in [3.63, 3.8) is 0 Å². The lowest BCUT2D eigenvalue weighted by Gasteiger charge is -2.24. The fourth-order valence-electron chi connectivity index (χ4n) is 2.88. The van der Waals surface area contributed by atoms with Gasteiger partial charge in [0.25, 0.3) is 10.0 Å². The molecule has 0 unspecified atom stereocenters. The lowest BCUT2D eigenvalue weighted by Crippen LogP contribution is -2.46. The molecule has 0 aromatic carbocycles. The van der Waals surface area contributed by atoms with Gasteiger partial charge >= 0.3 is 6.03 Å². The smallest absolute Gasteiger partial charge is 0.317 e. The average Bonchev–Trinajstić information content (AvgIpc) is 2.80. The van der Waals surface area contributed by atoms with E-state index in [1.165, 1.54) is 10.5 Å². The largest absolute Gasteiger partial charge is 0.337 e. The number of urea groups is 1. The zero-order valence-electron chi connectivity index (χ0n) is 15.5. The van der Waals surface area contributed by atoms with Gasteiger partial charge in [0.15, 0.2) is 5.03 Å². The molecule has 0 bridgehead atoms. The van der Waals surface area contributed by atoms with Crippen molar-refractivity contribution in [1.29, 1.82) is 0 Å². The van der Waals surface area contributed by atoms with Crippen LogP contribution in [0.25, 0.3) is 0 Å². The number of amides is 2. The summed E-state index contributed by atoms with van der Waals surface area (Å²) in [4.78, 5) is 18.2. The molecule has 2 amide bonds. The standard InChI is InChI=1S/C16H29N5O3S/c1-5-14(6-2)18-16(22)20-8-7-9-21(11-10-20)25(23,24)15-12-19(4)13(3)17-15/h12,14H,5-11H2,1-4H3,(H,18,22). The van der Waals surface area contributed by atoms with Crippen LogP contribution in [-0.4, -0.2) is 65.4 Å². The second kappa shape index (κ2) is 8.18. The molecular weight excluding hydrogens is 342 g/mol. The van der Waals surface area contributed by atoms with E-state index in [-0.39, 0.29) is 23.6 Å². The number of carbonyl (C=O) groups is 1. The minimum atomic E-state index is -3.63. The Morgan fingerprint density at radius 3 is 2.48 bits per heavy atom. The summed E-state index contributed by atoms with van der Waals surface area (Å²) in [6.45, 7) is 7.47. The summed E-state index contributed by atoms with van der Waals surface area (Å²) in [6.07, 6.45) is 3.92. The van der Waals surface area contributed by atoms with Gasteiger partial charge in [0.05, 0.1) is 0 Å². The maximum Gasteiger partial charge on any atom is 0.317 e. The molecule has 8 nitrogen and oxygen atoms in total. The van der Waals surface area contributed by atoms with Crippen LogP contribution in [0, 0.1) is 6.92 Å². The third-order valence-electron chi connectivity index (χ3n) is 4.75. The van der Waals surface area contributed by atoms with E-state index < -0.39 is 10.0 Å². The zero-order valence-corrected chi connectivity index (χ0v) is 16.3. The van der Waals surface area contributed by atoms with E-state index >= 15 is 0 Å². The van der Waals surface area contributed by atoms with E-state index in [0.29, 0.717) is 31.9 Å². The molecule has 1 aromatic rings. The molecule has 0 saturated carbocycles. The number of sulfonamides is 1. The van der Waals surface area contributed by atoms with Gasteiger partial charge in [-0.15, -0.1) is 0 Å². The number of hydrogen-bond acceptors (Lipinski definition) is 4. The van der Waals surface area contributed by atoms with Gasteiger partial charge in [0.2, 0.25) is 0 Å². The highest BCUT2D eigenvalue weighted by molar-refractivity contribution is 7.89. The fourth-order valence-corrected chi connectivity index (χ4v) is 4.37. The monoisotopic (exact) mass is 371 g/mol. The fraction of sp³-hybridized carbons (Fsp3) is 0.750. The summed E-state index contributed by atoms with van der Waals surface area (Å²) in [5.74, 6) is 0.652. The first kappa shape index (κ1) is 19.7. The van der Waals surface area contributed by atoms with E-state index in [1.807, 2.05) is 13.8 Å². The van der Waals surface area contributed by atoms with Crippen LogP contribution in [0.1, 0.15) is 38.9 Å². The Balaban J connectivity index is 2.04. The predicted molar refractivity (Wildman–Crippen MR) is 95.8 cm³/mol. The molecule has 1 N–H and O–H groups in total. The second-order valence-corrected chi connectivity index (χ2v) is 8.33. The Bertz CT molecular complexity index is 677. The Morgan fingerprint density at radius 2 is 1.92 bits per heavy atom. The summed E-state index contributed by atoms with van der Waals surface area (Å²) < 4.78 is 28.7. The van der Waals surface area contributed by atoms with E-state index in [9.17, 15) is 13.2 Å². The van der Waals surface area contributed by atoms with Crippen molar-refractivity contribution in [2.45, 2.75) is 51.1 Å². The van der Waals surface area contributed by atoms with Gasteiger partial charge in [-0.1, -0.05) is 13.8 Å². The average molecular weight is 372 g/mol. The zero-order chi connectivity index (χ0) is 18.6. The summed E-state index contributed by atoms with van der Waals surface area (Å²) >= 11 is 0. The van der Waals surface area contributed by atoms with Crippen molar-refractivity contribution in [1.82, 2.24) is 24.1 Å². The molecule has 2 heterocycles. The maximum atomic E-state index is 12.8. The lowest BCUT2D eigenvalue weighted by molar-refractivity contribution is 0.195. The number of hydrogen-bond donors (Lipinski definition) is 1. The Labute approximate surface area is 150 Å². The highest BCUT2D eigenvalue weighted by Gasteiger charge is 2.30. The van der Waals surface area contributed by atoms with E-state index in [0.717, 1.165) is 12.8 Å². The normalized spacial score (nSPS) is 16.9. The number of rotatable bonds is 5. The topological polar surface area (TPSA) is 87.5 Å². The van der Waals surface area contributed by atoms with Crippen LogP contribution in [0.4, 0.5) is 4.79 Å². The molecule has 1 saturated heterocycles. The molecule has 0 spiro atoms.